The molecule has 0 aliphatic rings. The lowest BCUT2D eigenvalue weighted by Crippen LogP contribution is -2.11. The molecule has 0 aromatic heterocycles. The number of nitrogens with one attached hydrogen (secondary N) is 1. The summed E-state index contributed by atoms with van der Waals surface area (Å²) in [5.41, 5.74) is 3.58. The lowest BCUT2D eigenvalue weighted by Gasteiger charge is -2.10. The minimum Gasteiger partial charge on any atom is -0.423 e. The molecule has 2 atom stereocenters. The van der Waals surface area contributed by atoms with Gasteiger partial charge in [0.1, 0.15) is 17.2 Å². The van der Waals surface area contributed by atoms with Crippen molar-refractivity contribution >= 4 is 42.6 Å². The van der Waals surface area contributed by atoms with Crippen LogP contribution in [0.1, 0.15) is 47.8 Å². The third kappa shape index (κ3) is 8.17. The van der Waals surface area contributed by atoms with Crippen molar-refractivity contribution in [1.29, 1.82) is 5.41 Å². The van der Waals surface area contributed by atoms with E-state index in [1.54, 1.807) is 24.3 Å². The van der Waals surface area contributed by atoms with Gasteiger partial charge in [0.25, 0.3) is 0 Å². The Bertz CT molecular complexity index is 1530. The van der Waals surface area contributed by atoms with E-state index in [1.165, 1.54) is 42.5 Å². The molecule has 0 amide bonds. The molecule has 0 saturated heterocycles. The Hall–Kier alpha value is -4.18. The van der Waals surface area contributed by atoms with Crippen molar-refractivity contribution in [2.24, 2.45) is 0 Å². The van der Waals surface area contributed by atoms with Gasteiger partial charge in [-0.2, -0.15) is 0 Å². The average Bonchev–Trinajstić information content (AvgIpc) is 2.99. The number of carbonyl (C=O) groups excluding carboxylic acids is 3. The Morgan fingerprint density at radius 1 is 0.585 bits per heavy atom. The normalized spacial score (nSPS) is 10.5. The van der Waals surface area contributed by atoms with Gasteiger partial charge in [-0.3, -0.25) is 0 Å². The van der Waals surface area contributed by atoms with Crippen molar-refractivity contribution in [3.8, 4) is 17.2 Å². The summed E-state index contributed by atoms with van der Waals surface area (Å²) < 4.78 is 16.3. The van der Waals surface area contributed by atoms with E-state index >= 15 is 0 Å². The maximum Gasteiger partial charge on any atom is 0.343 e. The molecule has 0 fully saturated rings. The summed E-state index contributed by atoms with van der Waals surface area (Å²) in [4.78, 5) is 37.7. The SMILES string of the molecule is N=Cc1cc(OC(=O)c2ccc(OC(=O)c3ccc(CCP)cc3)cc2)ccc1OC(=O)c1ccc(CCP)cc1. The molecule has 0 spiro atoms. The summed E-state index contributed by atoms with van der Waals surface area (Å²) in [5.74, 6) is -1.05. The first-order valence-electron chi connectivity index (χ1n) is 12.9. The summed E-state index contributed by atoms with van der Waals surface area (Å²) in [6.45, 7) is 0. The fourth-order valence-corrected chi connectivity index (χ4v) is 4.56. The fourth-order valence-electron chi connectivity index (χ4n) is 3.89. The molecule has 0 saturated carbocycles. The quantitative estimate of drug-likeness (QED) is 0.0977. The summed E-state index contributed by atoms with van der Waals surface area (Å²) >= 11 is 0. The van der Waals surface area contributed by atoms with Crippen LogP contribution < -0.4 is 14.2 Å². The van der Waals surface area contributed by atoms with Gasteiger partial charge in [-0.1, -0.05) is 24.3 Å². The van der Waals surface area contributed by atoms with Gasteiger partial charge in [-0.25, -0.2) is 14.4 Å². The third-order valence-electron chi connectivity index (χ3n) is 6.10. The van der Waals surface area contributed by atoms with Crippen LogP contribution in [0.5, 0.6) is 17.2 Å². The summed E-state index contributed by atoms with van der Waals surface area (Å²) in [7, 11) is 5.34. The largest absolute Gasteiger partial charge is 0.423 e. The van der Waals surface area contributed by atoms with Crippen LogP contribution in [0.4, 0.5) is 0 Å². The van der Waals surface area contributed by atoms with Crippen molar-refractivity contribution in [3.63, 3.8) is 0 Å². The molecule has 208 valence electrons. The van der Waals surface area contributed by atoms with Gasteiger partial charge in [0.05, 0.1) is 16.7 Å². The Morgan fingerprint density at radius 3 is 1.46 bits per heavy atom. The first-order chi connectivity index (χ1) is 19.9. The van der Waals surface area contributed by atoms with E-state index in [1.807, 2.05) is 24.3 Å². The van der Waals surface area contributed by atoms with E-state index in [4.69, 9.17) is 19.6 Å². The fraction of sp³-hybridized carbons (Fsp3) is 0.125. The molecule has 0 aliphatic carbocycles. The van der Waals surface area contributed by atoms with Crippen LogP contribution in [0.15, 0.2) is 91.0 Å². The highest BCUT2D eigenvalue weighted by molar-refractivity contribution is 7.16. The minimum atomic E-state index is -0.640. The van der Waals surface area contributed by atoms with Crippen LogP contribution in [0.2, 0.25) is 0 Å². The number of esters is 3. The smallest absolute Gasteiger partial charge is 0.343 e. The van der Waals surface area contributed by atoms with Gasteiger partial charge in [0.2, 0.25) is 0 Å². The van der Waals surface area contributed by atoms with Crippen molar-refractivity contribution in [2.75, 3.05) is 12.3 Å². The van der Waals surface area contributed by atoms with Crippen LogP contribution in [-0.4, -0.2) is 36.4 Å². The highest BCUT2D eigenvalue weighted by Crippen LogP contribution is 2.25. The van der Waals surface area contributed by atoms with Gasteiger partial charge in [-0.15, -0.1) is 18.5 Å². The van der Waals surface area contributed by atoms with E-state index in [-0.39, 0.29) is 28.4 Å². The predicted octanol–water partition coefficient (Wildman–Crippen LogP) is 6.18. The monoisotopic (exact) mass is 585 g/mol. The van der Waals surface area contributed by atoms with Gasteiger partial charge in [0, 0.05) is 11.8 Å². The molecule has 2 unspecified atom stereocenters. The molecule has 4 aromatic carbocycles. The molecule has 0 aliphatic heterocycles. The minimum absolute atomic E-state index is 0.170. The molecular formula is C32H29NO6P2. The van der Waals surface area contributed by atoms with Crippen LogP contribution in [0, 0.1) is 5.41 Å². The van der Waals surface area contributed by atoms with Crippen LogP contribution >= 0.6 is 18.5 Å². The Kier molecular flexibility index (Phi) is 10.5. The number of hydrogen-bond acceptors (Lipinski definition) is 7. The maximum atomic E-state index is 12.7. The zero-order valence-electron chi connectivity index (χ0n) is 22.2. The molecule has 1 N–H and O–H groups in total. The van der Waals surface area contributed by atoms with E-state index in [0.29, 0.717) is 11.1 Å². The molecule has 9 heteroatoms. The van der Waals surface area contributed by atoms with Crippen LogP contribution in [0.25, 0.3) is 0 Å². The highest BCUT2D eigenvalue weighted by atomic mass is 31.0. The standard InChI is InChI=1S/C32H29NO6P2/c33-20-26-19-28(13-14-29(26)39-32(36)24-7-3-22(4-8-24)16-18-41)38-31(35)25-9-11-27(12-10-25)37-30(34)23-5-1-21(2-6-23)15-17-40/h1-14,19-20,33H,15-18,40-41H2. The highest BCUT2D eigenvalue weighted by Gasteiger charge is 2.15. The number of rotatable bonds is 11. The van der Waals surface area contributed by atoms with Crippen LogP contribution in [-0.2, 0) is 12.8 Å². The first-order valence-corrected chi connectivity index (χ1v) is 14.5. The van der Waals surface area contributed by atoms with Gasteiger partial charge < -0.3 is 19.6 Å². The van der Waals surface area contributed by atoms with Crippen molar-refractivity contribution < 1.29 is 28.6 Å². The van der Waals surface area contributed by atoms with Gasteiger partial charge >= 0.3 is 17.9 Å². The van der Waals surface area contributed by atoms with E-state index < -0.39 is 17.9 Å². The number of aryl methyl sites for hydroxylation is 2. The van der Waals surface area contributed by atoms with Gasteiger partial charge in [0.15, 0.2) is 0 Å². The average molecular weight is 586 g/mol. The van der Waals surface area contributed by atoms with Crippen LogP contribution in [0.3, 0.4) is 0 Å². The second-order valence-electron chi connectivity index (χ2n) is 9.01. The van der Waals surface area contributed by atoms with Crippen molar-refractivity contribution in [2.45, 2.75) is 12.8 Å². The number of benzene rings is 4. The molecule has 0 heterocycles. The summed E-state index contributed by atoms with van der Waals surface area (Å²) in [6, 6.07) is 24.8. The molecule has 0 radical (unpaired) electrons. The zero-order chi connectivity index (χ0) is 29.2. The van der Waals surface area contributed by atoms with E-state index in [9.17, 15) is 14.4 Å². The second-order valence-corrected chi connectivity index (χ2v) is 10.2. The molecule has 4 aromatic rings. The lowest BCUT2D eigenvalue weighted by atomic mass is 10.1. The molecule has 4 rings (SSSR count). The predicted molar refractivity (Wildman–Crippen MR) is 165 cm³/mol. The first kappa shape index (κ1) is 29.8. The zero-order valence-corrected chi connectivity index (χ0v) is 24.5. The summed E-state index contributed by atoms with van der Waals surface area (Å²) in [6.07, 6.45) is 4.69. The molecule has 0 bridgehead atoms. The lowest BCUT2D eigenvalue weighted by molar-refractivity contribution is 0.0718. The topological polar surface area (TPSA) is 103 Å². The number of carbonyl (C=O) groups is 3. The number of hydrogen-bond donors (Lipinski definition) is 1. The number of ether oxygens (including phenoxy) is 3. The van der Waals surface area contributed by atoms with Crippen molar-refractivity contribution in [1.82, 2.24) is 0 Å². The molecule has 41 heavy (non-hydrogen) atoms. The summed E-state index contributed by atoms with van der Waals surface area (Å²) in [5, 5.41) is 7.72. The van der Waals surface area contributed by atoms with E-state index in [2.05, 4.69) is 18.5 Å². The van der Waals surface area contributed by atoms with Gasteiger partial charge in [-0.05, 0) is 103 Å². The third-order valence-corrected chi connectivity index (χ3v) is 6.67. The maximum absolute atomic E-state index is 12.7. The van der Waals surface area contributed by atoms with Crippen molar-refractivity contribution in [3.05, 3.63) is 124 Å². The van der Waals surface area contributed by atoms with E-state index in [0.717, 1.165) is 42.5 Å². The Labute approximate surface area is 243 Å². The Balaban J connectivity index is 1.36. The molecular weight excluding hydrogens is 556 g/mol. The Morgan fingerprint density at radius 2 is 1.00 bits per heavy atom. The second kappa shape index (κ2) is 14.5. The molecule has 7 nitrogen and oxygen atoms in total.